The summed E-state index contributed by atoms with van der Waals surface area (Å²) in [6, 6.07) is 6.77. The van der Waals surface area contributed by atoms with Crippen LogP contribution < -0.4 is 5.73 Å². The van der Waals surface area contributed by atoms with Gasteiger partial charge < -0.3 is 5.73 Å². The van der Waals surface area contributed by atoms with Crippen molar-refractivity contribution in [2.75, 3.05) is 6.54 Å². The summed E-state index contributed by atoms with van der Waals surface area (Å²) < 4.78 is 12.6. The maximum absolute atomic E-state index is 12.6. The van der Waals surface area contributed by atoms with Crippen molar-refractivity contribution in [3.8, 4) is 0 Å². The molecule has 0 bridgehead atoms. The number of hydrogen-bond acceptors (Lipinski definition) is 1. The van der Waals surface area contributed by atoms with Crippen molar-refractivity contribution in [3.63, 3.8) is 0 Å². The lowest BCUT2D eigenvalue weighted by Crippen LogP contribution is -2.13. The van der Waals surface area contributed by atoms with Gasteiger partial charge in [-0.05, 0) is 49.4 Å². The fourth-order valence-electron chi connectivity index (χ4n) is 1.73. The van der Waals surface area contributed by atoms with Gasteiger partial charge in [0.05, 0.1) is 0 Å². The number of nitrogens with two attached hydrogens (primary N) is 1. The molecule has 0 radical (unpaired) electrons. The van der Waals surface area contributed by atoms with Crippen molar-refractivity contribution in [2.24, 2.45) is 11.7 Å². The van der Waals surface area contributed by atoms with Gasteiger partial charge in [-0.1, -0.05) is 25.5 Å². The van der Waals surface area contributed by atoms with E-state index in [9.17, 15) is 4.39 Å². The second kappa shape index (κ2) is 6.57. The first kappa shape index (κ1) is 12.2. The zero-order chi connectivity index (χ0) is 11.1. The molecular weight excluding hydrogens is 189 g/mol. The average molecular weight is 209 g/mol. The van der Waals surface area contributed by atoms with Crippen molar-refractivity contribution in [2.45, 2.75) is 32.6 Å². The highest BCUT2D eigenvalue weighted by molar-refractivity contribution is 5.15. The van der Waals surface area contributed by atoms with E-state index in [-0.39, 0.29) is 5.82 Å². The molecule has 1 nitrogen and oxygen atoms in total. The normalized spacial score (nSPS) is 12.7. The van der Waals surface area contributed by atoms with E-state index < -0.39 is 0 Å². The number of aryl methyl sites for hydroxylation is 1. The molecule has 2 heteroatoms. The average Bonchev–Trinajstić information content (AvgIpc) is 2.27. The second-order valence-corrected chi connectivity index (χ2v) is 4.03. The maximum Gasteiger partial charge on any atom is 0.123 e. The van der Waals surface area contributed by atoms with Gasteiger partial charge in [0, 0.05) is 0 Å². The van der Waals surface area contributed by atoms with E-state index in [0.29, 0.717) is 5.92 Å². The Bertz CT molecular complexity index is 264. The summed E-state index contributed by atoms with van der Waals surface area (Å²) in [7, 11) is 0. The van der Waals surface area contributed by atoms with Gasteiger partial charge in [-0.2, -0.15) is 0 Å². The Kier molecular flexibility index (Phi) is 5.33. The summed E-state index contributed by atoms with van der Waals surface area (Å²) in [5.41, 5.74) is 6.84. The highest BCUT2D eigenvalue weighted by Gasteiger charge is 2.03. The summed E-state index contributed by atoms with van der Waals surface area (Å²) in [5, 5.41) is 0. The second-order valence-electron chi connectivity index (χ2n) is 4.03. The number of hydrogen-bond donors (Lipinski definition) is 1. The summed E-state index contributed by atoms with van der Waals surface area (Å²) in [4.78, 5) is 0. The van der Waals surface area contributed by atoms with Crippen molar-refractivity contribution >= 4 is 0 Å². The number of benzene rings is 1. The van der Waals surface area contributed by atoms with E-state index in [1.165, 1.54) is 24.1 Å². The molecule has 2 N–H and O–H groups in total. The molecule has 0 saturated heterocycles. The third-order valence-corrected chi connectivity index (χ3v) is 2.90. The molecule has 1 aromatic carbocycles. The monoisotopic (exact) mass is 209 g/mol. The van der Waals surface area contributed by atoms with Gasteiger partial charge in [-0.3, -0.25) is 0 Å². The molecule has 84 valence electrons. The van der Waals surface area contributed by atoms with E-state index in [2.05, 4.69) is 6.92 Å². The molecule has 0 fully saturated rings. The van der Waals surface area contributed by atoms with Crippen LogP contribution in [0.3, 0.4) is 0 Å². The smallest absolute Gasteiger partial charge is 0.123 e. The Morgan fingerprint density at radius 1 is 1.27 bits per heavy atom. The van der Waals surface area contributed by atoms with E-state index in [1.54, 1.807) is 0 Å². The first-order valence-electron chi connectivity index (χ1n) is 5.70. The van der Waals surface area contributed by atoms with Crippen LogP contribution in [0.5, 0.6) is 0 Å². The highest BCUT2D eigenvalue weighted by Crippen LogP contribution is 2.13. The number of rotatable bonds is 6. The molecule has 0 aromatic heterocycles. The van der Waals surface area contributed by atoms with Crippen LogP contribution in [0.2, 0.25) is 0 Å². The number of halogens is 1. The Labute approximate surface area is 91.5 Å². The standard InChI is InChI=1S/C13H20FN/c1-2-11(10-15)4-3-5-12-6-8-13(14)9-7-12/h6-9,11H,2-5,10,15H2,1H3. The van der Waals surface area contributed by atoms with Crippen LogP contribution in [0.4, 0.5) is 4.39 Å². The zero-order valence-electron chi connectivity index (χ0n) is 9.38. The van der Waals surface area contributed by atoms with Crippen LogP contribution in [0.25, 0.3) is 0 Å². The largest absolute Gasteiger partial charge is 0.330 e. The first-order chi connectivity index (χ1) is 7.26. The molecule has 0 saturated carbocycles. The van der Waals surface area contributed by atoms with Gasteiger partial charge in [0.15, 0.2) is 0 Å². The van der Waals surface area contributed by atoms with E-state index in [4.69, 9.17) is 5.73 Å². The lowest BCUT2D eigenvalue weighted by molar-refractivity contribution is 0.464. The van der Waals surface area contributed by atoms with Crippen molar-refractivity contribution < 1.29 is 4.39 Å². The minimum atomic E-state index is -0.160. The van der Waals surface area contributed by atoms with E-state index in [0.717, 1.165) is 25.8 Å². The van der Waals surface area contributed by atoms with Crippen molar-refractivity contribution in [1.82, 2.24) is 0 Å². The molecule has 1 rings (SSSR count). The molecule has 1 unspecified atom stereocenters. The van der Waals surface area contributed by atoms with Gasteiger partial charge in [-0.25, -0.2) is 4.39 Å². The molecule has 1 atom stereocenters. The van der Waals surface area contributed by atoms with Crippen LogP contribution in [-0.4, -0.2) is 6.54 Å². The van der Waals surface area contributed by atoms with Crippen molar-refractivity contribution in [1.29, 1.82) is 0 Å². The van der Waals surface area contributed by atoms with Crippen LogP contribution in [0.1, 0.15) is 31.7 Å². The van der Waals surface area contributed by atoms with E-state index >= 15 is 0 Å². The Hall–Kier alpha value is -0.890. The molecule has 0 aliphatic heterocycles. The molecule has 0 heterocycles. The van der Waals surface area contributed by atoms with Gasteiger partial charge in [0.25, 0.3) is 0 Å². The highest BCUT2D eigenvalue weighted by atomic mass is 19.1. The molecule has 0 amide bonds. The lowest BCUT2D eigenvalue weighted by Gasteiger charge is -2.11. The Morgan fingerprint density at radius 2 is 1.93 bits per heavy atom. The molecule has 0 aliphatic rings. The minimum Gasteiger partial charge on any atom is -0.330 e. The van der Waals surface area contributed by atoms with Crippen LogP contribution >= 0.6 is 0 Å². The molecule has 15 heavy (non-hydrogen) atoms. The molecule has 1 aromatic rings. The third-order valence-electron chi connectivity index (χ3n) is 2.90. The topological polar surface area (TPSA) is 26.0 Å². The summed E-state index contributed by atoms with van der Waals surface area (Å²) in [6.07, 6.45) is 4.49. The molecular formula is C13H20FN. The third kappa shape index (κ3) is 4.43. The van der Waals surface area contributed by atoms with Gasteiger partial charge in [-0.15, -0.1) is 0 Å². The summed E-state index contributed by atoms with van der Waals surface area (Å²) >= 11 is 0. The maximum atomic E-state index is 12.6. The molecule has 0 spiro atoms. The predicted octanol–water partition coefficient (Wildman–Crippen LogP) is 3.13. The Morgan fingerprint density at radius 3 is 2.47 bits per heavy atom. The minimum absolute atomic E-state index is 0.160. The summed E-state index contributed by atoms with van der Waals surface area (Å²) in [5.74, 6) is 0.484. The van der Waals surface area contributed by atoms with Gasteiger partial charge in [0.1, 0.15) is 5.82 Å². The fourth-order valence-corrected chi connectivity index (χ4v) is 1.73. The van der Waals surface area contributed by atoms with Crippen LogP contribution in [-0.2, 0) is 6.42 Å². The quantitative estimate of drug-likeness (QED) is 0.765. The first-order valence-corrected chi connectivity index (χ1v) is 5.70. The lowest BCUT2D eigenvalue weighted by atomic mass is 9.97. The predicted molar refractivity (Wildman–Crippen MR) is 62.2 cm³/mol. The van der Waals surface area contributed by atoms with Crippen molar-refractivity contribution in [3.05, 3.63) is 35.6 Å². The fraction of sp³-hybridized carbons (Fsp3) is 0.538. The van der Waals surface area contributed by atoms with Gasteiger partial charge >= 0.3 is 0 Å². The Balaban J connectivity index is 2.28. The van der Waals surface area contributed by atoms with Crippen LogP contribution in [0, 0.1) is 11.7 Å². The van der Waals surface area contributed by atoms with E-state index in [1.807, 2.05) is 12.1 Å². The summed E-state index contributed by atoms with van der Waals surface area (Å²) in [6.45, 7) is 2.95. The van der Waals surface area contributed by atoms with Crippen LogP contribution in [0.15, 0.2) is 24.3 Å². The van der Waals surface area contributed by atoms with Gasteiger partial charge in [0.2, 0.25) is 0 Å². The molecule has 0 aliphatic carbocycles. The SMILES string of the molecule is CCC(CN)CCCc1ccc(F)cc1. The zero-order valence-corrected chi connectivity index (χ0v) is 9.38.